The molecule has 1 aromatic carbocycles. The molecule has 23 heavy (non-hydrogen) atoms. The smallest absolute Gasteiger partial charge is 0.228 e. The molecular formula is C18H25N3O2. The van der Waals surface area contributed by atoms with Crippen LogP contribution in [0.4, 0.5) is 0 Å². The van der Waals surface area contributed by atoms with Crippen molar-refractivity contribution in [2.24, 2.45) is 5.92 Å². The first-order valence-electron chi connectivity index (χ1n) is 8.38. The maximum absolute atomic E-state index is 12.7. The molecule has 2 saturated heterocycles. The van der Waals surface area contributed by atoms with Crippen molar-refractivity contribution in [1.29, 1.82) is 0 Å². The van der Waals surface area contributed by atoms with Gasteiger partial charge in [-0.05, 0) is 19.4 Å². The first-order chi connectivity index (χ1) is 11.0. The lowest BCUT2D eigenvalue weighted by Gasteiger charge is -2.33. The molecule has 2 heterocycles. The van der Waals surface area contributed by atoms with Crippen LogP contribution in [0.1, 0.15) is 24.5 Å². The summed E-state index contributed by atoms with van der Waals surface area (Å²) >= 11 is 0. The fourth-order valence-corrected chi connectivity index (χ4v) is 3.39. The Balaban J connectivity index is 1.60. The van der Waals surface area contributed by atoms with Gasteiger partial charge >= 0.3 is 0 Å². The van der Waals surface area contributed by atoms with Crippen LogP contribution in [-0.4, -0.2) is 53.8 Å². The van der Waals surface area contributed by atoms with E-state index in [9.17, 15) is 9.59 Å². The lowest BCUT2D eigenvalue weighted by molar-refractivity contribution is -0.136. The molecule has 2 unspecified atom stereocenters. The maximum Gasteiger partial charge on any atom is 0.228 e. The summed E-state index contributed by atoms with van der Waals surface area (Å²) in [5.74, 6) is 0.0449. The van der Waals surface area contributed by atoms with E-state index in [1.165, 1.54) is 5.56 Å². The topological polar surface area (TPSA) is 52.7 Å². The van der Waals surface area contributed by atoms with E-state index < -0.39 is 0 Å². The van der Waals surface area contributed by atoms with Gasteiger partial charge in [0.25, 0.3) is 0 Å². The van der Waals surface area contributed by atoms with E-state index in [0.29, 0.717) is 25.6 Å². The highest BCUT2D eigenvalue weighted by molar-refractivity contribution is 5.89. The van der Waals surface area contributed by atoms with Crippen molar-refractivity contribution in [3.05, 3.63) is 35.4 Å². The molecule has 0 saturated carbocycles. The molecule has 0 bridgehead atoms. The van der Waals surface area contributed by atoms with Crippen LogP contribution in [-0.2, 0) is 16.1 Å². The minimum absolute atomic E-state index is 0.0899. The van der Waals surface area contributed by atoms with Gasteiger partial charge in [-0.15, -0.1) is 0 Å². The molecule has 2 aliphatic heterocycles. The average molecular weight is 315 g/mol. The number of rotatable bonds is 3. The number of carbonyl (C=O) groups excluding carboxylic acids is 2. The fourth-order valence-electron chi connectivity index (χ4n) is 3.39. The van der Waals surface area contributed by atoms with Crippen LogP contribution in [0, 0.1) is 12.8 Å². The summed E-state index contributed by atoms with van der Waals surface area (Å²) < 4.78 is 0. The second-order valence-corrected chi connectivity index (χ2v) is 6.80. The summed E-state index contributed by atoms with van der Waals surface area (Å²) in [6.45, 7) is 7.59. The summed E-state index contributed by atoms with van der Waals surface area (Å²) in [5, 5.41) is 3.34. The third kappa shape index (κ3) is 3.72. The van der Waals surface area contributed by atoms with E-state index in [4.69, 9.17) is 0 Å². The van der Waals surface area contributed by atoms with Gasteiger partial charge in [0.1, 0.15) is 0 Å². The molecule has 0 aromatic heterocycles. The molecule has 1 N–H and O–H groups in total. The van der Waals surface area contributed by atoms with Crippen LogP contribution in [0.5, 0.6) is 0 Å². The number of likely N-dealkylation sites (tertiary alicyclic amines) is 1. The third-order valence-corrected chi connectivity index (χ3v) is 4.74. The monoisotopic (exact) mass is 315 g/mol. The molecule has 124 valence electrons. The van der Waals surface area contributed by atoms with Gasteiger partial charge in [0.2, 0.25) is 11.8 Å². The Hall–Kier alpha value is -1.88. The Labute approximate surface area is 137 Å². The second-order valence-electron chi connectivity index (χ2n) is 6.80. The van der Waals surface area contributed by atoms with Crippen LogP contribution in [0.25, 0.3) is 0 Å². The highest BCUT2D eigenvalue weighted by Crippen LogP contribution is 2.23. The molecule has 2 fully saturated rings. The van der Waals surface area contributed by atoms with Gasteiger partial charge in [0, 0.05) is 45.2 Å². The fraction of sp³-hybridized carbons (Fsp3) is 0.556. The molecule has 0 aliphatic carbocycles. The van der Waals surface area contributed by atoms with Crippen molar-refractivity contribution in [1.82, 2.24) is 15.1 Å². The number of hydrogen-bond donors (Lipinski definition) is 1. The third-order valence-electron chi connectivity index (χ3n) is 4.74. The van der Waals surface area contributed by atoms with Crippen LogP contribution in [0.3, 0.4) is 0 Å². The summed E-state index contributed by atoms with van der Waals surface area (Å²) in [7, 11) is 0. The summed E-state index contributed by atoms with van der Waals surface area (Å²) in [4.78, 5) is 28.6. The van der Waals surface area contributed by atoms with Crippen molar-refractivity contribution in [2.45, 2.75) is 32.9 Å². The largest absolute Gasteiger partial charge is 0.340 e. The summed E-state index contributed by atoms with van der Waals surface area (Å²) in [5.41, 5.74) is 2.33. The van der Waals surface area contributed by atoms with Gasteiger partial charge in [-0.1, -0.05) is 29.8 Å². The molecule has 5 nitrogen and oxygen atoms in total. The molecule has 2 atom stereocenters. The van der Waals surface area contributed by atoms with E-state index in [1.807, 2.05) is 16.7 Å². The lowest BCUT2D eigenvalue weighted by atomic mass is 10.1. The first kappa shape index (κ1) is 16.0. The Bertz CT molecular complexity index is 584. The van der Waals surface area contributed by atoms with Gasteiger partial charge in [0.15, 0.2) is 0 Å². The van der Waals surface area contributed by atoms with Crippen molar-refractivity contribution in [3.63, 3.8) is 0 Å². The molecule has 0 spiro atoms. The van der Waals surface area contributed by atoms with Crippen molar-refractivity contribution in [2.75, 3.05) is 26.2 Å². The van der Waals surface area contributed by atoms with E-state index in [1.54, 1.807) is 0 Å². The van der Waals surface area contributed by atoms with Gasteiger partial charge < -0.3 is 15.1 Å². The number of carbonyl (C=O) groups is 2. The van der Waals surface area contributed by atoms with Crippen LogP contribution >= 0.6 is 0 Å². The second kappa shape index (κ2) is 6.71. The Morgan fingerprint density at radius 2 is 2.00 bits per heavy atom. The lowest BCUT2D eigenvalue weighted by Crippen LogP contribution is -2.53. The van der Waals surface area contributed by atoms with Crippen LogP contribution in [0.15, 0.2) is 24.3 Å². The minimum Gasteiger partial charge on any atom is -0.340 e. The Morgan fingerprint density at radius 1 is 1.26 bits per heavy atom. The zero-order valence-electron chi connectivity index (χ0n) is 13.9. The van der Waals surface area contributed by atoms with Gasteiger partial charge in [0.05, 0.1) is 5.92 Å². The molecule has 0 radical (unpaired) electrons. The first-order valence-corrected chi connectivity index (χ1v) is 8.38. The zero-order chi connectivity index (χ0) is 16.4. The number of amides is 2. The highest BCUT2D eigenvalue weighted by Gasteiger charge is 2.37. The predicted octanol–water partition coefficient (Wildman–Crippen LogP) is 1.16. The standard InChI is InChI=1S/C18H25N3O2/c1-13-3-5-15(6-4-13)11-21-12-16(9-17(21)22)18(23)20-8-7-19-14(2)10-20/h3-6,14,16,19H,7-12H2,1-2H3. The number of nitrogens with one attached hydrogen (secondary N) is 1. The SMILES string of the molecule is Cc1ccc(CN2CC(C(=O)N3CCNC(C)C3)CC2=O)cc1. The van der Waals surface area contributed by atoms with Crippen molar-refractivity contribution in [3.8, 4) is 0 Å². The minimum atomic E-state index is -0.182. The Kier molecular flexibility index (Phi) is 4.66. The van der Waals surface area contributed by atoms with Gasteiger partial charge in [-0.2, -0.15) is 0 Å². The Morgan fingerprint density at radius 3 is 2.70 bits per heavy atom. The zero-order valence-corrected chi connectivity index (χ0v) is 13.9. The average Bonchev–Trinajstić information content (AvgIpc) is 2.90. The molecule has 5 heteroatoms. The number of aryl methyl sites for hydroxylation is 1. The molecular weight excluding hydrogens is 290 g/mol. The van der Waals surface area contributed by atoms with Gasteiger partial charge in [-0.25, -0.2) is 0 Å². The molecule has 1 aromatic rings. The van der Waals surface area contributed by atoms with E-state index in [2.05, 4.69) is 36.5 Å². The number of nitrogens with zero attached hydrogens (tertiary/aromatic N) is 2. The van der Waals surface area contributed by atoms with Gasteiger partial charge in [-0.3, -0.25) is 9.59 Å². The number of benzene rings is 1. The van der Waals surface area contributed by atoms with E-state index in [0.717, 1.165) is 25.2 Å². The molecule has 2 amide bonds. The van der Waals surface area contributed by atoms with Crippen LogP contribution < -0.4 is 5.32 Å². The summed E-state index contributed by atoms with van der Waals surface area (Å²) in [6, 6.07) is 8.54. The molecule has 3 rings (SSSR count). The normalized spacial score (nSPS) is 25.0. The highest BCUT2D eigenvalue weighted by atomic mass is 16.2. The maximum atomic E-state index is 12.7. The van der Waals surface area contributed by atoms with Crippen LogP contribution in [0.2, 0.25) is 0 Å². The predicted molar refractivity (Wildman–Crippen MR) is 88.7 cm³/mol. The number of piperazine rings is 1. The van der Waals surface area contributed by atoms with Crippen molar-refractivity contribution >= 4 is 11.8 Å². The number of hydrogen-bond acceptors (Lipinski definition) is 3. The quantitative estimate of drug-likeness (QED) is 0.911. The summed E-state index contributed by atoms with van der Waals surface area (Å²) in [6.07, 6.45) is 0.350. The van der Waals surface area contributed by atoms with E-state index >= 15 is 0 Å². The molecule has 2 aliphatic rings. The van der Waals surface area contributed by atoms with E-state index in [-0.39, 0.29) is 17.7 Å². The van der Waals surface area contributed by atoms with Crippen molar-refractivity contribution < 1.29 is 9.59 Å².